The second-order valence-corrected chi connectivity index (χ2v) is 6.39. The van der Waals surface area contributed by atoms with Gasteiger partial charge in [-0.15, -0.1) is 0 Å². The Hall–Kier alpha value is -2.80. The molecule has 0 aliphatic carbocycles. The zero-order chi connectivity index (χ0) is 17.0. The van der Waals surface area contributed by atoms with Crippen LogP contribution in [0.25, 0.3) is 0 Å². The maximum Gasteiger partial charge on any atom is 0.335 e. The Kier molecular flexibility index (Phi) is 4.71. The molecule has 0 saturated carbocycles. The summed E-state index contributed by atoms with van der Waals surface area (Å²) < 4.78 is 32.0. The first-order valence-electron chi connectivity index (χ1n) is 6.58. The van der Waals surface area contributed by atoms with Crippen molar-refractivity contribution in [3.63, 3.8) is 0 Å². The van der Waals surface area contributed by atoms with Gasteiger partial charge in [0, 0.05) is 17.8 Å². The fourth-order valence-electron chi connectivity index (χ4n) is 1.80. The van der Waals surface area contributed by atoms with Crippen molar-refractivity contribution < 1.29 is 23.1 Å². The molecule has 0 aromatic heterocycles. The Balaban J connectivity index is 2.28. The maximum absolute atomic E-state index is 12.4. The Labute approximate surface area is 134 Å². The first-order chi connectivity index (χ1) is 10.8. The number of esters is 1. The quantitative estimate of drug-likeness (QED) is 0.380. The van der Waals surface area contributed by atoms with E-state index in [1.165, 1.54) is 42.5 Å². The van der Waals surface area contributed by atoms with E-state index in [1.54, 1.807) is 6.92 Å². The first-order valence-corrected chi connectivity index (χ1v) is 8.07. The van der Waals surface area contributed by atoms with E-state index >= 15 is 0 Å². The zero-order valence-electron chi connectivity index (χ0n) is 12.3. The fraction of sp³-hybridized carbons (Fsp3) is 0.0625. The van der Waals surface area contributed by atoms with Crippen LogP contribution in [0.2, 0.25) is 0 Å². The number of carbonyl (C=O) groups is 1. The van der Waals surface area contributed by atoms with E-state index in [9.17, 15) is 18.3 Å². The van der Waals surface area contributed by atoms with Crippen molar-refractivity contribution >= 4 is 21.7 Å². The van der Waals surface area contributed by atoms with Crippen LogP contribution in [-0.4, -0.2) is 19.5 Å². The van der Waals surface area contributed by atoms with Crippen LogP contribution in [0.4, 0.5) is 5.69 Å². The molecule has 0 saturated heterocycles. The molecule has 2 aromatic rings. The number of aromatic hydroxyl groups is 1. The highest BCUT2D eigenvalue weighted by atomic mass is 32.2. The van der Waals surface area contributed by atoms with Crippen LogP contribution in [0, 0.1) is 6.92 Å². The Morgan fingerprint density at radius 3 is 2.65 bits per heavy atom. The summed E-state index contributed by atoms with van der Waals surface area (Å²) in [7, 11) is -3.86. The molecule has 0 amide bonds. The van der Waals surface area contributed by atoms with Gasteiger partial charge in [0.2, 0.25) is 0 Å². The van der Waals surface area contributed by atoms with Gasteiger partial charge in [-0.05, 0) is 42.8 Å². The molecule has 0 aliphatic heterocycles. The number of rotatable bonds is 5. The van der Waals surface area contributed by atoms with Crippen molar-refractivity contribution in [3.05, 3.63) is 60.7 Å². The van der Waals surface area contributed by atoms with Gasteiger partial charge in [-0.25, -0.2) is 13.2 Å². The molecule has 2 N–H and O–H groups in total. The van der Waals surface area contributed by atoms with E-state index in [1.807, 2.05) is 0 Å². The summed E-state index contributed by atoms with van der Waals surface area (Å²) in [4.78, 5) is 11.1. The van der Waals surface area contributed by atoms with Crippen molar-refractivity contribution in [1.29, 1.82) is 0 Å². The van der Waals surface area contributed by atoms with Crippen molar-refractivity contribution in [1.82, 2.24) is 0 Å². The van der Waals surface area contributed by atoms with Gasteiger partial charge in [0.1, 0.15) is 11.5 Å². The van der Waals surface area contributed by atoms with Crippen LogP contribution >= 0.6 is 0 Å². The number of benzene rings is 2. The second-order valence-electron chi connectivity index (χ2n) is 4.71. The second kappa shape index (κ2) is 6.53. The smallest absolute Gasteiger partial charge is 0.335 e. The highest BCUT2D eigenvalue weighted by molar-refractivity contribution is 7.92. The maximum atomic E-state index is 12.4. The van der Waals surface area contributed by atoms with E-state index in [-0.39, 0.29) is 16.4 Å². The lowest BCUT2D eigenvalue weighted by atomic mass is 10.2. The number of sulfonamides is 1. The number of carbonyl (C=O) groups excluding carboxylic acids is 1. The summed E-state index contributed by atoms with van der Waals surface area (Å²) in [6.07, 6.45) is 0.985. The average molecular weight is 333 g/mol. The highest BCUT2D eigenvalue weighted by Gasteiger charge is 2.16. The normalized spacial score (nSPS) is 10.8. The lowest BCUT2D eigenvalue weighted by Crippen LogP contribution is -2.13. The largest absolute Gasteiger partial charge is 0.508 e. The van der Waals surface area contributed by atoms with Crippen LogP contribution in [0.3, 0.4) is 0 Å². The molecular weight excluding hydrogens is 318 g/mol. The lowest BCUT2D eigenvalue weighted by molar-refractivity contribution is -0.128. The van der Waals surface area contributed by atoms with E-state index in [2.05, 4.69) is 11.3 Å². The third-order valence-corrected chi connectivity index (χ3v) is 4.33. The van der Waals surface area contributed by atoms with Gasteiger partial charge in [-0.1, -0.05) is 12.6 Å². The van der Waals surface area contributed by atoms with Gasteiger partial charge in [-0.3, -0.25) is 4.72 Å². The van der Waals surface area contributed by atoms with E-state index in [4.69, 9.17) is 4.74 Å². The molecule has 0 atom stereocenters. The molecule has 6 nitrogen and oxygen atoms in total. The number of hydrogen-bond donors (Lipinski definition) is 2. The van der Waals surface area contributed by atoms with E-state index in [0.29, 0.717) is 11.3 Å². The van der Waals surface area contributed by atoms with Crippen LogP contribution < -0.4 is 9.46 Å². The molecule has 0 aliphatic rings. The zero-order valence-corrected chi connectivity index (χ0v) is 13.1. The molecule has 0 heterocycles. The van der Waals surface area contributed by atoms with Crippen molar-refractivity contribution in [3.8, 4) is 11.5 Å². The monoisotopic (exact) mass is 333 g/mol. The van der Waals surface area contributed by atoms with Gasteiger partial charge >= 0.3 is 5.97 Å². The topological polar surface area (TPSA) is 92.7 Å². The summed E-state index contributed by atoms with van der Waals surface area (Å²) in [5, 5.41) is 9.47. The predicted octanol–water partition coefficient (Wildman–Crippen LogP) is 2.59. The average Bonchev–Trinajstić information content (AvgIpc) is 2.51. The number of phenols is 1. The van der Waals surface area contributed by atoms with Gasteiger partial charge in [-0.2, -0.15) is 0 Å². The molecule has 2 aromatic carbocycles. The van der Waals surface area contributed by atoms with Gasteiger partial charge < -0.3 is 9.84 Å². The number of hydrogen-bond acceptors (Lipinski definition) is 5. The van der Waals surface area contributed by atoms with Crippen LogP contribution in [-0.2, 0) is 14.8 Å². The highest BCUT2D eigenvalue weighted by Crippen LogP contribution is 2.24. The Morgan fingerprint density at radius 1 is 1.26 bits per heavy atom. The van der Waals surface area contributed by atoms with Crippen LogP contribution in [0.15, 0.2) is 60.0 Å². The summed E-state index contributed by atoms with van der Waals surface area (Å²) in [6.45, 7) is 4.93. The fourth-order valence-corrected chi connectivity index (χ4v) is 2.88. The van der Waals surface area contributed by atoms with Crippen LogP contribution in [0.5, 0.6) is 11.5 Å². The molecule has 2 rings (SSSR count). The molecular formula is C16H15NO5S. The summed E-state index contributed by atoms with van der Waals surface area (Å²) in [5.41, 5.74) is 0.854. The predicted molar refractivity (Wildman–Crippen MR) is 85.9 cm³/mol. The minimum atomic E-state index is -3.86. The number of anilines is 1. The van der Waals surface area contributed by atoms with Crippen LogP contribution in [0.1, 0.15) is 5.56 Å². The SMILES string of the molecule is C=CC(=O)Oc1cccc(S(=O)(=O)Nc2ccc(O)c(C)c2)c1. The van der Waals surface area contributed by atoms with Crippen molar-refractivity contribution in [2.45, 2.75) is 11.8 Å². The molecule has 7 heteroatoms. The third-order valence-electron chi connectivity index (χ3n) is 2.95. The third kappa shape index (κ3) is 4.10. The molecule has 0 radical (unpaired) electrons. The molecule has 0 fully saturated rings. The lowest BCUT2D eigenvalue weighted by Gasteiger charge is -2.10. The number of phenolic OH excluding ortho intramolecular Hbond substituents is 1. The van der Waals surface area contributed by atoms with Gasteiger partial charge in [0.25, 0.3) is 10.0 Å². The minimum absolute atomic E-state index is 0.0578. The molecule has 23 heavy (non-hydrogen) atoms. The molecule has 120 valence electrons. The number of aryl methyl sites for hydroxylation is 1. The standard InChI is InChI=1S/C16H15NO5S/c1-3-16(19)22-13-5-4-6-14(10-13)23(20,21)17-12-7-8-15(18)11(2)9-12/h3-10,17-18H,1H2,2H3. The number of ether oxygens (including phenoxy) is 1. The van der Waals surface area contributed by atoms with Gasteiger partial charge in [0.15, 0.2) is 0 Å². The summed E-state index contributed by atoms with van der Waals surface area (Å²) >= 11 is 0. The Bertz CT molecular complexity index is 859. The molecule has 0 unspecified atom stereocenters. The van der Waals surface area contributed by atoms with E-state index < -0.39 is 16.0 Å². The van der Waals surface area contributed by atoms with E-state index in [0.717, 1.165) is 6.08 Å². The van der Waals surface area contributed by atoms with Crippen molar-refractivity contribution in [2.24, 2.45) is 0 Å². The Morgan fingerprint density at radius 2 is 2.00 bits per heavy atom. The molecule has 0 bridgehead atoms. The summed E-state index contributed by atoms with van der Waals surface area (Å²) in [6, 6.07) is 9.89. The summed E-state index contributed by atoms with van der Waals surface area (Å²) in [5.74, 6) is -0.507. The van der Waals surface area contributed by atoms with Crippen molar-refractivity contribution in [2.75, 3.05) is 4.72 Å². The number of nitrogens with one attached hydrogen (secondary N) is 1. The first kappa shape index (κ1) is 16.6. The minimum Gasteiger partial charge on any atom is -0.508 e. The van der Waals surface area contributed by atoms with Gasteiger partial charge in [0.05, 0.1) is 4.90 Å². The molecule has 0 spiro atoms.